The van der Waals surface area contributed by atoms with Crippen LogP contribution in [-0.4, -0.2) is 20.2 Å². The number of aryl methyl sites for hydroxylation is 1. The van der Waals surface area contributed by atoms with E-state index in [1.165, 1.54) is 31.2 Å². The van der Waals surface area contributed by atoms with Crippen LogP contribution in [0.5, 0.6) is 5.75 Å². The first kappa shape index (κ1) is 15.5. The van der Waals surface area contributed by atoms with Gasteiger partial charge in [0.15, 0.2) is 0 Å². The third-order valence-corrected chi connectivity index (χ3v) is 3.46. The Morgan fingerprint density at radius 2 is 2.00 bits per heavy atom. The van der Waals surface area contributed by atoms with Gasteiger partial charge in [0.25, 0.3) is 0 Å². The molecule has 0 aliphatic heterocycles. The Labute approximate surface area is 119 Å². The van der Waals surface area contributed by atoms with Gasteiger partial charge < -0.3 is 10.1 Å². The van der Waals surface area contributed by atoms with Gasteiger partial charge in [-0.3, -0.25) is 0 Å². The van der Waals surface area contributed by atoms with Crippen molar-refractivity contribution in [2.75, 3.05) is 20.2 Å². The standard InChI is InChI=1S/C15H24BrNO/c1-3-10-17-11-6-4-5-7-13-12-14(16)8-9-15(13)18-2/h8-9,12,17H,3-7,10-11H2,1-2H3. The molecule has 0 radical (unpaired) electrons. The number of halogens is 1. The molecule has 0 saturated heterocycles. The van der Waals surface area contributed by atoms with Crippen molar-refractivity contribution in [2.24, 2.45) is 0 Å². The molecule has 1 rings (SSSR count). The molecule has 102 valence electrons. The van der Waals surface area contributed by atoms with Crippen LogP contribution in [0.15, 0.2) is 22.7 Å². The van der Waals surface area contributed by atoms with Crippen LogP contribution >= 0.6 is 15.9 Å². The molecule has 1 N–H and O–H groups in total. The smallest absolute Gasteiger partial charge is 0.122 e. The van der Waals surface area contributed by atoms with E-state index < -0.39 is 0 Å². The molecule has 0 saturated carbocycles. The van der Waals surface area contributed by atoms with Crippen LogP contribution in [0.4, 0.5) is 0 Å². The molecule has 2 nitrogen and oxygen atoms in total. The van der Waals surface area contributed by atoms with Crippen molar-refractivity contribution >= 4 is 15.9 Å². The van der Waals surface area contributed by atoms with E-state index in [0.717, 1.165) is 29.7 Å². The molecule has 0 aromatic heterocycles. The van der Waals surface area contributed by atoms with Gasteiger partial charge in [-0.25, -0.2) is 0 Å². The van der Waals surface area contributed by atoms with Crippen LogP contribution in [0.1, 0.15) is 38.2 Å². The van der Waals surface area contributed by atoms with Gasteiger partial charge in [0.1, 0.15) is 5.75 Å². The van der Waals surface area contributed by atoms with E-state index in [4.69, 9.17) is 4.74 Å². The quantitative estimate of drug-likeness (QED) is 0.691. The van der Waals surface area contributed by atoms with Gasteiger partial charge in [0.2, 0.25) is 0 Å². The lowest BCUT2D eigenvalue weighted by Gasteiger charge is -2.09. The van der Waals surface area contributed by atoms with Crippen LogP contribution in [0, 0.1) is 0 Å². The van der Waals surface area contributed by atoms with Crippen molar-refractivity contribution in [3.63, 3.8) is 0 Å². The molecule has 0 atom stereocenters. The number of benzene rings is 1. The highest BCUT2D eigenvalue weighted by atomic mass is 79.9. The van der Waals surface area contributed by atoms with E-state index in [9.17, 15) is 0 Å². The summed E-state index contributed by atoms with van der Waals surface area (Å²) in [6.07, 6.45) is 6.06. The van der Waals surface area contributed by atoms with Gasteiger partial charge in [0.05, 0.1) is 7.11 Å². The van der Waals surface area contributed by atoms with Gasteiger partial charge in [-0.2, -0.15) is 0 Å². The number of rotatable bonds is 9. The van der Waals surface area contributed by atoms with Crippen LogP contribution in [-0.2, 0) is 6.42 Å². The van der Waals surface area contributed by atoms with E-state index >= 15 is 0 Å². The topological polar surface area (TPSA) is 21.3 Å². The minimum atomic E-state index is 1.00. The average molecular weight is 314 g/mol. The highest BCUT2D eigenvalue weighted by Gasteiger charge is 2.03. The SMILES string of the molecule is CCCNCCCCCc1cc(Br)ccc1OC. The second kappa shape index (κ2) is 9.40. The predicted molar refractivity (Wildman–Crippen MR) is 81.4 cm³/mol. The molecule has 0 aliphatic rings. The number of nitrogens with one attached hydrogen (secondary N) is 1. The summed E-state index contributed by atoms with van der Waals surface area (Å²) in [5.74, 6) is 1.00. The van der Waals surface area contributed by atoms with E-state index in [1.807, 2.05) is 12.1 Å². The first-order valence-corrected chi connectivity index (χ1v) is 7.60. The zero-order valence-corrected chi connectivity index (χ0v) is 13.1. The zero-order valence-electron chi connectivity index (χ0n) is 11.5. The maximum Gasteiger partial charge on any atom is 0.122 e. The maximum absolute atomic E-state index is 5.38. The molecule has 0 unspecified atom stereocenters. The molecule has 0 bridgehead atoms. The van der Waals surface area contributed by atoms with E-state index in [1.54, 1.807) is 7.11 Å². The Morgan fingerprint density at radius 3 is 2.72 bits per heavy atom. The normalized spacial score (nSPS) is 10.6. The largest absolute Gasteiger partial charge is 0.496 e. The molecular formula is C15H24BrNO. The minimum Gasteiger partial charge on any atom is -0.496 e. The third kappa shape index (κ3) is 5.87. The van der Waals surface area contributed by atoms with Crippen LogP contribution in [0.2, 0.25) is 0 Å². The lowest BCUT2D eigenvalue weighted by Crippen LogP contribution is -2.15. The second-order valence-electron chi connectivity index (χ2n) is 4.52. The van der Waals surface area contributed by atoms with Gasteiger partial charge in [-0.1, -0.05) is 29.3 Å². The van der Waals surface area contributed by atoms with Crippen molar-refractivity contribution < 1.29 is 4.74 Å². The van der Waals surface area contributed by atoms with Gasteiger partial charge in [-0.05, 0) is 62.5 Å². The minimum absolute atomic E-state index is 1.00. The first-order valence-electron chi connectivity index (χ1n) is 6.81. The number of hydrogen-bond acceptors (Lipinski definition) is 2. The summed E-state index contributed by atoms with van der Waals surface area (Å²) in [5, 5.41) is 3.43. The highest BCUT2D eigenvalue weighted by Crippen LogP contribution is 2.24. The van der Waals surface area contributed by atoms with Crippen molar-refractivity contribution in [3.05, 3.63) is 28.2 Å². The lowest BCUT2D eigenvalue weighted by atomic mass is 10.1. The molecule has 0 spiro atoms. The number of unbranched alkanes of at least 4 members (excludes halogenated alkanes) is 2. The third-order valence-electron chi connectivity index (χ3n) is 2.97. The molecule has 0 heterocycles. The van der Waals surface area contributed by atoms with Crippen LogP contribution < -0.4 is 10.1 Å². The number of ether oxygens (including phenoxy) is 1. The Morgan fingerprint density at radius 1 is 1.17 bits per heavy atom. The second-order valence-corrected chi connectivity index (χ2v) is 5.43. The summed E-state index contributed by atoms with van der Waals surface area (Å²) >= 11 is 3.51. The van der Waals surface area contributed by atoms with E-state index in [2.05, 4.69) is 34.2 Å². The molecule has 0 amide bonds. The number of methoxy groups -OCH3 is 1. The van der Waals surface area contributed by atoms with Crippen LogP contribution in [0.3, 0.4) is 0 Å². The van der Waals surface area contributed by atoms with Crippen molar-refractivity contribution in [3.8, 4) is 5.75 Å². The summed E-state index contributed by atoms with van der Waals surface area (Å²) in [6.45, 7) is 4.48. The first-order chi connectivity index (χ1) is 8.77. The fourth-order valence-electron chi connectivity index (χ4n) is 1.99. The molecule has 3 heteroatoms. The summed E-state index contributed by atoms with van der Waals surface area (Å²) in [4.78, 5) is 0. The van der Waals surface area contributed by atoms with Gasteiger partial charge in [0, 0.05) is 4.47 Å². The van der Waals surface area contributed by atoms with Crippen molar-refractivity contribution in [2.45, 2.75) is 39.0 Å². The summed E-state index contributed by atoms with van der Waals surface area (Å²) in [5.41, 5.74) is 1.30. The average Bonchev–Trinajstić information content (AvgIpc) is 2.38. The molecule has 18 heavy (non-hydrogen) atoms. The Kier molecular flexibility index (Phi) is 8.10. The molecule has 0 fully saturated rings. The summed E-state index contributed by atoms with van der Waals surface area (Å²) < 4.78 is 6.50. The zero-order chi connectivity index (χ0) is 13.2. The monoisotopic (exact) mass is 313 g/mol. The summed E-state index contributed by atoms with van der Waals surface area (Å²) in [6, 6.07) is 6.22. The Balaban J connectivity index is 2.24. The highest BCUT2D eigenvalue weighted by molar-refractivity contribution is 9.10. The maximum atomic E-state index is 5.38. The Bertz CT molecular complexity index is 341. The van der Waals surface area contributed by atoms with Crippen molar-refractivity contribution in [1.29, 1.82) is 0 Å². The van der Waals surface area contributed by atoms with Gasteiger partial charge in [-0.15, -0.1) is 0 Å². The fourth-order valence-corrected chi connectivity index (χ4v) is 2.40. The van der Waals surface area contributed by atoms with Crippen molar-refractivity contribution in [1.82, 2.24) is 5.32 Å². The van der Waals surface area contributed by atoms with E-state index in [-0.39, 0.29) is 0 Å². The fraction of sp³-hybridized carbons (Fsp3) is 0.600. The molecule has 1 aromatic rings. The lowest BCUT2D eigenvalue weighted by molar-refractivity contribution is 0.408. The number of hydrogen-bond donors (Lipinski definition) is 1. The predicted octanol–water partition coefficient (Wildman–Crippen LogP) is 4.17. The van der Waals surface area contributed by atoms with E-state index in [0.29, 0.717) is 0 Å². The molecular weight excluding hydrogens is 290 g/mol. The molecule has 1 aromatic carbocycles. The Hall–Kier alpha value is -0.540. The van der Waals surface area contributed by atoms with Gasteiger partial charge >= 0.3 is 0 Å². The van der Waals surface area contributed by atoms with Crippen LogP contribution in [0.25, 0.3) is 0 Å². The summed E-state index contributed by atoms with van der Waals surface area (Å²) in [7, 11) is 1.74. The molecule has 0 aliphatic carbocycles.